The average Bonchev–Trinajstić information content (AvgIpc) is 2.52. The smallest absolute Gasteiger partial charge is 0.257 e. The van der Waals surface area contributed by atoms with E-state index in [4.69, 9.17) is 4.74 Å². The van der Waals surface area contributed by atoms with Gasteiger partial charge in [-0.2, -0.15) is 0 Å². The summed E-state index contributed by atoms with van der Waals surface area (Å²) < 4.78 is 44.9. The summed E-state index contributed by atoms with van der Waals surface area (Å²) >= 11 is 0. The maximum atomic E-state index is 13.4. The van der Waals surface area contributed by atoms with E-state index in [1.54, 1.807) is 0 Å². The summed E-state index contributed by atoms with van der Waals surface area (Å²) in [7, 11) is 0. The van der Waals surface area contributed by atoms with Crippen molar-refractivity contribution in [3.8, 4) is 5.75 Å². The lowest BCUT2D eigenvalue weighted by atomic mass is 10.2. The molecule has 2 aromatic carbocycles. The van der Waals surface area contributed by atoms with Crippen molar-refractivity contribution in [1.82, 2.24) is 5.32 Å². The molecule has 0 aliphatic heterocycles. The van der Waals surface area contributed by atoms with Crippen LogP contribution in [0.2, 0.25) is 0 Å². The number of amides is 1. The molecule has 0 aliphatic rings. The van der Waals surface area contributed by atoms with Crippen LogP contribution in [0.15, 0.2) is 42.5 Å². The summed E-state index contributed by atoms with van der Waals surface area (Å²) in [5, 5.41) is 2.46. The molecule has 0 saturated carbocycles. The first-order chi connectivity index (χ1) is 11.1. The lowest BCUT2D eigenvalue weighted by Gasteiger charge is -2.08. The number of unbranched alkanes of at least 4 members (excludes halogenated alkanes) is 1. The van der Waals surface area contributed by atoms with Crippen molar-refractivity contribution >= 4 is 5.91 Å². The molecule has 0 radical (unpaired) electrons. The number of benzene rings is 2. The first-order valence-electron chi connectivity index (χ1n) is 7.18. The van der Waals surface area contributed by atoms with E-state index in [1.165, 1.54) is 30.3 Å². The van der Waals surface area contributed by atoms with Gasteiger partial charge in [-0.3, -0.25) is 4.79 Å². The Morgan fingerprint density at radius 1 is 0.957 bits per heavy atom. The van der Waals surface area contributed by atoms with Gasteiger partial charge < -0.3 is 10.1 Å². The summed E-state index contributed by atoms with van der Waals surface area (Å²) in [6.45, 7) is 0.676. The molecule has 3 nitrogen and oxygen atoms in total. The lowest BCUT2D eigenvalue weighted by molar-refractivity contribution is 0.0944. The van der Waals surface area contributed by atoms with Gasteiger partial charge >= 0.3 is 0 Å². The van der Waals surface area contributed by atoms with Crippen molar-refractivity contribution in [3.05, 3.63) is 65.5 Å². The topological polar surface area (TPSA) is 38.3 Å². The summed E-state index contributed by atoms with van der Waals surface area (Å²) in [5.41, 5.74) is -0.574. The SMILES string of the molecule is O=C(NCCCCOc1ccc(F)cc1)c1c(F)cccc1F. The molecule has 2 rings (SSSR count). The van der Waals surface area contributed by atoms with E-state index in [2.05, 4.69) is 5.32 Å². The molecule has 122 valence electrons. The quantitative estimate of drug-likeness (QED) is 0.789. The first kappa shape index (κ1) is 16.9. The second-order valence-corrected chi connectivity index (χ2v) is 4.86. The molecule has 0 unspecified atom stereocenters. The number of hydrogen-bond donors (Lipinski definition) is 1. The van der Waals surface area contributed by atoms with E-state index in [-0.39, 0.29) is 12.4 Å². The van der Waals surface area contributed by atoms with Gasteiger partial charge in [0.25, 0.3) is 5.91 Å². The Morgan fingerprint density at radius 3 is 2.26 bits per heavy atom. The zero-order chi connectivity index (χ0) is 16.7. The molecule has 1 N–H and O–H groups in total. The summed E-state index contributed by atoms with van der Waals surface area (Å²) in [4.78, 5) is 11.7. The lowest BCUT2D eigenvalue weighted by Crippen LogP contribution is -2.26. The van der Waals surface area contributed by atoms with Crippen molar-refractivity contribution < 1.29 is 22.7 Å². The van der Waals surface area contributed by atoms with Crippen LogP contribution in [0.3, 0.4) is 0 Å². The third-order valence-electron chi connectivity index (χ3n) is 3.13. The minimum absolute atomic E-state index is 0.277. The highest BCUT2D eigenvalue weighted by Gasteiger charge is 2.16. The fraction of sp³-hybridized carbons (Fsp3) is 0.235. The zero-order valence-electron chi connectivity index (χ0n) is 12.3. The molecule has 0 aliphatic carbocycles. The molecule has 23 heavy (non-hydrogen) atoms. The number of nitrogens with one attached hydrogen (secondary N) is 1. The monoisotopic (exact) mass is 323 g/mol. The second-order valence-electron chi connectivity index (χ2n) is 4.86. The Kier molecular flexibility index (Phi) is 6.02. The maximum Gasteiger partial charge on any atom is 0.257 e. The predicted octanol–water partition coefficient (Wildman–Crippen LogP) is 3.69. The van der Waals surface area contributed by atoms with Crippen molar-refractivity contribution in [2.24, 2.45) is 0 Å². The van der Waals surface area contributed by atoms with Gasteiger partial charge in [0.2, 0.25) is 0 Å². The summed E-state index contributed by atoms with van der Waals surface area (Å²) in [6.07, 6.45) is 1.22. The van der Waals surface area contributed by atoms with Crippen molar-refractivity contribution in [3.63, 3.8) is 0 Å². The largest absolute Gasteiger partial charge is 0.494 e. The zero-order valence-corrected chi connectivity index (χ0v) is 12.3. The van der Waals surface area contributed by atoms with Crippen LogP contribution in [-0.4, -0.2) is 19.1 Å². The van der Waals surface area contributed by atoms with E-state index in [0.717, 1.165) is 12.1 Å². The van der Waals surface area contributed by atoms with Gasteiger partial charge in [0, 0.05) is 6.54 Å². The molecule has 0 heterocycles. The molecule has 0 atom stereocenters. The van der Waals surface area contributed by atoms with E-state index < -0.39 is 23.1 Å². The van der Waals surface area contributed by atoms with Crippen molar-refractivity contribution in [2.75, 3.05) is 13.2 Å². The van der Waals surface area contributed by atoms with Crippen molar-refractivity contribution in [2.45, 2.75) is 12.8 Å². The van der Waals surface area contributed by atoms with Crippen LogP contribution in [-0.2, 0) is 0 Å². The van der Waals surface area contributed by atoms with E-state index in [1.807, 2.05) is 0 Å². The van der Waals surface area contributed by atoms with Crippen molar-refractivity contribution in [1.29, 1.82) is 0 Å². The van der Waals surface area contributed by atoms with Crippen LogP contribution in [0.1, 0.15) is 23.2 Å². The number of carbonyl (C=O) groups is 1. The molecule has 0 saturated heterocycles. The average molecular weight is 323 g/mol. The highest BCUT2D eigenvalue weighted by Crippen LogP contribution is 2.12. The Morgan fingerprint density at radius 2 is 1.61 bits per heavy atom. The van der Waals surface area contributed by atoms with Gasteiger partial charge in [-0.25, -0.2) is 13.2 Å². The maximum absolute atomic E-state index is 13.4. The van der Waals surface area contributed by atoms with Gasteiger partial charge in [0.1, 0.15) is 28.8 Å². The number of hydrogen-bond acceptors (Lipinski definition) is 2. The van der Waals surface area contributed by atoms with Crippen LogP contribution in [0.4, 0.5) is 13.2 Å². The van der Waals surface area contributed by atoms with Gasteiger partial charge in [-0.1, -0.05) is 6.07 Å². The Bertz CT molecular complexity index is 639. The third kappa shape index (κ3) is 5.02. The van der Waals surface area contributed by atoms with Crippen LogP contribution >= 0.6 is 0 Å². The summed E-state index contributed by atoms with van der Waals surface area (Å²) in [5.74, 6) is -2.33. The standard InChI is InChI=1S/C17H16F3NO2/c18-12-6-8-13(9-7-12)23-11-2-1-10-21-17(22)16-14(19)4-3-5-15(16)20/h3-9H,1-2,10-11H2,(H,21,22). The van der Waals surface area contributed by atoms with Gasteiger partial charge in [0.15, 0.2) is 0 Å². The fourth-order valence-corrected chi connectivity index (χ4v) is 1.95. The number of ether oxygens (including phenoxy) is 1. The molecule has 0 spiro atoms. The molecular formula is C17H16F3NO2. The first-order valence-corrected chi connectivity index (χ1v) is 7.18. The Labute approximate surface area is 132 Å². The summed E-state index contributed by atoms with van der Waals surface area (Å²) in [6, 6.07) is 8.93. The molecular weight excluding hydrogens is 307 g/mol. The minimum Gasteiger partial charge on any atom is -0.494 e. The Balaban J connectivity index is 1.67. The van der Waals surface area contributed by atoms with E-state index >= 15 is 0 Å². The van der Waals surface area contributed by atoms with Crippen LogP contribution < -0.4 is 10.1 Å². The third-order valence-corrected chi connectivity index (χ3v) is 3.13. The van der Waals surface area contributed by atoms with E-state index in [0.29, 0.717) is 25.2 Å². The van der Waals surface area contributed by atoms with Gasteiger partial charge in [-0.05, 0) is 49.2 Å². The normalized spacial score (nSPS) is 10.4. The number of halogens is 3. The molecule has 1 amide bonds. The second kappa shape index (κ2) is 8.22. The van der Waals surface area contributed by atoms with E-state index in [9.17, 15) is 18.0 Å². The Hall–Kier alpha value is -2.50. The van der Waals surface area contributed by atoms with Crippen LogP contribution in [0.5, 0.6) is 5.75 Å². The highest BCUT2D eigenvalue weighted by atomic mass is 19.1. The molecule has 0 bridgehead atoms. The fourth-order valence-electron chi connectivity index (χ4n) is 1.95. The number of carbonyl (C=O) groups excluding carboxylic acids is 1. The molecule has 0 aromatic heterocycles. The van der Waals surface area contributed by atoms with Gasteiger partial charge in [-0.15, -0.1) is 0 Å². The van der Waals surface area contributed by atoms with Crippen LogP contribution in [0.25, 0.3) is 0 Å². The molecule has 0 fully saturated rings. The molecule has 6 heteroatoms. The predicted molar refractivity (Wildman–Crippen MR) is 79.8 cm³/mol. The van der Waals surface area contributed by atoms with Crippen LogP contribution in [0, 0.1) is 17.5 Å². The minimum atomic E-state index is -0.887. The number of rotatable bonds is 7. The van der Waals surface area contributed by atoms with Gasteiger partial charge in [0.05, 0.1) is 6.61 Å². The highest BCUT2D eigenvalue weighted by molar-refractivity contribution is 5.94. The molecule has 2 aromatic rings.